The second-order valence-electron chi connectivity index (χ2n) is 7.24. The fraction of sp³-hybridized carbons (Fsp3) is 0.412. The first-order chi connectivity index (χ1) is 17.4. The molecule has 0 spiro atoms. The molecule has 1 heterocycles. The second-order valence-corrected chi connectivity index (χ2v) is 10.3. The summed E-state index contributed by atoms with van der Waals surface area (Å²) in [6, 6.07) is 3.23. The summed E-state index contributed by atoms with van der Waals surface area (Å²) in [5.41, 5.74) is 0.268. The molecular weight excluding hydrogens is 653 g/mol. The van der Waals surface area contributed by atoms with Gasteiger partial charge in [0, 0.05) is 12.6 Å². The van der Waals surface area contributed by atoms with Crippen LogP contribution in [0.5, 0.6) is 5.75 Å². The molecule has 2 N–H and O–H groups in total. The summed E-state index contributed by atoms with van der Waals surface area (Å²) in [5.74, 6) is -1.57. The monoisotopic (exact) mass is 672 g/mol. The molecule has 0 bridgehead atoms. The number of hydrogen-bond acceptors (Lipinski definition) is 16. The van der Waals surface area contributed by atoms with Crippen molar-refractivity contribution in [2.24, 2.45) is 0 Å². The molecule has 214 valence electrons. The van der Waals surface area contributed by atoms with Crippen LogP contribution in [0, 0.1) is 0 Å². The average molecular weight is 673 g/mol. The number of ether oxygens (including phenoxy) is 2. The fourth-order valence-electron chi connectivity index (χ4n) is 3.12. The Kier molecular flexibility index (Phi) is 19.4. The van der Waals surface area contributed by atoms with Crippen LogP contribution in [-0.4, -0.2) is 88.0 Å². The predicted octanol–water partition coefficient (Wildman–Crippen LogP) is -11.4. The summed E-state index contributed by atoms with van der Waals surface area (Å²) in [6.07, 6.45) is -7.87. The second kappa shape index (κ2) is 18.3. The van der Waals surface area contributed by atoms with Gasteiger partial charge in [-0.05, 0) is 30.3 Å². The minimum Gasteiger partial charge on any atom is -0.726 e. The van der Waals surface area contributed by atoms with E-state index in [4.69, 9.17) is 9.47 Å². The molecule has 1 aromatic rings. The van der Waals surface area contributed by atoms with Gasteiger partial charge in [0.2, 0.25) is 49.3 Å². The van der Waals surface area contributed by atoms with Crippen molar-refractivity contribution in [3.8, 4) is 5.75 Å². The number of carbonyl (C=O) groups excluding carboxylic acids is 2. The Morgan fingerprint density at radius 1 is 0.927 bits per heavy atom. The maximum atomic E-state index is 11.8. The van der Waals surface area contributed by atoms with E-state index < -0.39 is 80.3 Å². The Morgan fingerprint density at radius 2 is 1.44 bits per heavy atom. The van der Waals surface area contributed by atoms with Gasteiger partial charge >= 0.3 is 88.7 Å². The van der Waals surface area contributed by atoms with Crippen LogP contribution in [0.15, 0.2) is 36.9 Å². The van der Waals surface area contributed by atoms with Crippen LogP contribution < -0.4 is 104 Å². The van der Waals surface area contributed by atoms with Crippen LogP contribution in [0.2, 0.25) is 0 Å². The van der Waals surface area contributed by atoms with Crippen LogP contribution in [0.4, 0.5) is 5.69 Å². The molecule has 2 amide bonds. The van der Waals surface area contributed by atoms with Crippen molar-refractivity contribution in [3.05, 3.63) is 36.9 Å². The van der Waals surface area contributed by atoms with Gasteiger partial charge in [-0.1, -0.05) is 6.58 Å². The minimum atomic E-state index is -5.73. The Bertz CT molecular complexity index is 1360. The van der Waals surface area contributed by atoms with Crippen LogP contribution >= 0.6 is 0 Å². The van der Waals surface area contributed by atoms with Crippen LogP contribution in [0.3, 0.4) is 0 Å². The van der Waals surface area contributed by atoms with Crippen LogP contribution in [0.1, 0.15) is 6.92 Å². The third kappa shape index (κ3) is 16.2. The maximum Gasteiger partial charge on any atom is 1.00 e. The van der Waals surface area contributed by atoms with Gasteiger partial charge in [-0.15, -0.1) is 0 Å². The zero-order valence-electron chi connectivity index (χ0n) is 21.9. The summed E-state index contributed by atoms with van der Waals surface area (Å²) in [7, 11) is -16.9. The molecule has 0 radical (unpaired) electrons. The third-order valence-corrected chi connectivity index (χ3v) is 5.75. The Hall–Kier alpha value is 0.270. The zero-order chi connectivity index (χ0) is 28.9. The average Bonchev–Trinajstić information content (AvgIpc) is 2.75. The molecule has 0 unspecified atom stereocenters. The van der Waals surface area contributed by atoms with Crippen LogP contribution in [0.25, 0.3) is 0 Å². The Labute approximate surface area is 301 Å². The van der Waals surface area contributed by atoms with Gasteiger partial charge in [0.05, 0.1) is 6.61 Å². The molecule has 0 aromatic heterocycles. The topological polar surface area (TPSA) is 276 Å². The SMILES string of the molecule is C=CC(=O)Nc1ccc(O[C@@H]2O[C@H](COS(=O)(=O)[O-])[C@@H](OS(=O)(=O)[O-])[C@H](OS(=O)(=O)[O-])[C@H]2NC(C)=O)cc1.[Na+].[Na+].[Na+]. The normalized spacial score (nSPS) is 22.5. The molecule has 1 saturated heterocycles. The number of carbonyl (C=O) groups is 2. The Morgan fingerprint density at radius 3 is 1.88 bits per heavy atom. The number of hydrogen-bond donors (Lipinski definition) is 2. The standard InChI is InChI=1S/C17H22N2O16S3.3Na/c1-3-13(21)19-10-4-6-11(7-5-10)32-17-14(18-9(2)20)16(35-38(28,29)30)15(34-37(25,26)27)12(33-17)8-31-36(22,23)24;;;/h3-7,12,14-17H,1,8H2,2H3,(H,18,20)(H,19,21)(H,22,23,24)(H,25,26,27)(H,28,29,30);;;/q;3*+1/p-3/t12-,14-,15-,16-,17-;;;/m1.../s1. The number of anilines is 1. The number of amides is 2. The molecule has 1 aliphatic rings. The summed E-state index contributed by atoms with van der Waals surface area (Å²) < 4.78 is 124. The van der Waals surface area contributed by atoms with E-state index in [9.17, 15) is 48.5 Å². The Balaban J connectivity index is 0. The molecule has 0 saturated carbocycles. The molecule has 1 fully saturated rings. The predicted molar refractivity (Wildman–Crippen MR) is 117 cm³/mol. The van der Waals surface area contributed by atoms with Crippen LogP contribution in [-0.2, 0) is 58.1 Å². The molecule has 24 heteroatoms. The van der Waals surface area contributed by atoms with Gasteiger partial charge < -0.3 is 33.8 Å². The molecule has 5 atom stereocenters. The van der Waals surface area contributed by atoms with E-state index in [-0.39, 0.29) is 100 Å². The maximum absolute atomic E-state index is 11.8. The first-order valence-corrected chi connectivity index (χ1v) is 13.9. The summed E-state index contributed by atoms with van der Waals surface area (Å²) in [4.78, 5) is 23.2. The van der Waals surface area contributed by atoms with Crippen molar-refractivity contribution in [1.82, 2.24) is 5.32 Å². The van der Waals surface area contributed by atoms with Crippen molar-refractivity contribution >= 4 is 48.7 Å². The van der Waals surface area contributed by atoms with E-state index in [0.717, 1.165) is 13.0 Å². The van der Waals surface area contributed by atoms with E-state index >= 15 is 0 Å². The molecular formula is C17H19N2Na3O16S3. The van der Waals surface area contributed by atoms with E-state index in [1.165, 1.54) is 24.3 Å². The van der Waals surface area contributed by atoms with E-state index in [2.05, 4.69) is 29.8 Å². The van der Waals surface area contributed by atoms with E-state index in [1.807, 2.05) is 0 Å². The first-order valence-electron chi connectivity index (χ1n) is 9.88. The zero-order valence-corrected chi connectivity index (χ0v) is 30.4. The van der Waals surface area contributed by atoms with E-state index in [1.54, 1.807) is 0 Å². The largest absolute Gasteiger partial charge is 1.00 e. The molecule has 41 heavy (non-hydrogen) atoms. The van der Waals surface area contributed by atoms with E-state index in [0.29, 0.717) is 0 Å². The first kappa shape index (κ1) is 43.4. The summed E-state index contributed by atoms with van der Waals surface area (Å²) in [5, 5.41) is 4.52. The summed E-state index contributed by atoms with van der Waals surface area (Å²) >= 11 is 0. The van der Waals surface area contributed by atoms with Crippen molar-refractivity contribution in [2.75, 3.05) is 11.9 Å². The molecule has 18 nitrogen and oxygen atoms in total. The number of benzene rings is 1. The quantitative estimate of drug-likeness (QED) is 0.0902. The van der Waals surface area contributed by atoms with Gasteiger partial charge in [-0.2, -0.15) is 0 Å². The van der Waals surface area contributed by atoms with Gasteiger partial charge in [0.15, 0.2) is 0 Å². The number of rotatable bonds is 12. The fourth-order valence-corrected chi connectivity index (χ4v) is 4.43. The molecule has 1 aromatic carbocycles. The molecule has 1 aliphatic heterocycles. The van der Waals surface area contributed by atoms with Crippen molar-refractivity contribution in [2.45, 2.75) is 37.6 Å². The smallest absolute Gasteiger partial charge is 0.726 e. The van der Waals surface area contributed by atoms with Crippen molar-refractivity contribution < 1.29 is 159 Å². The van der Waals surface area contributed by atoms with Gasteiger partial charge in [-0.25, -0.2) is 25.3 Å². The third-order valence-electron chi connectivity index (χ3n) is 4.41. The van der Waals surface area contributed by atoms with Gasteiger partial charge in [0.25, 0.3) is 0 Å². The molecule has 2 rings (SSSR count). The summed E-state index contributed by atoms with van der Waals surface area (Å²) in [6.45, 7) is 2.82. The molecule has 0 aliphatic carbocycles. The van der Waals surface area contributed by atoms with Gasteiger partial charge in [0.1, 0.15) is 30.1 Å². The van der Waals surface area contributed by atoms with Crippen molar-refractivity contribution in [3.63, 3.8) is 0 Å². The van der Waals surface area contributed by atoms with Crippen molar-refractivity contribution in [1.29, 1.82) is 0 Å². The number of nitrogens with one attached hydrogen (secondary N) is 2. The van der Waals surface area contributed by atoms with Gasteiger partial charge in [-0.3, -0.25) is 22.1 Å². The minimum absolute atomic E-state index is 0.